The van der Waals surface area contributed by atoms with E-state index >= 15 is 0 Å². The highest BCUT2D eigenvalue weighted by atomic mass is 32.2. The molecule has 0 spiro atoms. The van der Waals surface area contributed by atoms with Crippen LogP contribution in [0.15, 0.2) is 59.8 Å². The van der Waals surface area contributed by atoms with Crippen LogP contribution >= 0.6 is 11.9 Å². The fourth-order valence-corrected chi connectivity index (χ4v) is 4.96. The average Bonchev–Trinajstić information content (AvgIpc) is 3.19. The molecule has 1 saturated heterocycles. The Balaban J connectivity index is 1.43. The summed E-state index contributed by atoms with van der Waals surface area (Å²) in [6.45, 7) is 2.60. The first-order valence-corrected chi connectivity index (χ1v) is 11.5. The molecule has 1 aliphatic heterocycles. The summed E-state index contributed by atoms with van der Waals surface area (Å²) in [7, 11) is 0. The third-order valence-electron chi connectivity index (χ3n) is 5.54. The number of benzene rings is 2. The lowest BCUT2D eigenvalue weighted by molar-refractivity contribution is -0.145. The van der Waals surface area contributed by atoms with Crippen molar-refractivity contribution < 1.29 is 26.7 Å². The molecule has 0 saturated carbocycles. The van der Waals surface area contributed by atoms with Crippen LogP contribution < -0.4 is 5.32 Å². The van der Waals surface area contributed by atoms with E-state index in [1.807, 2.05) is 11.2 Å². The van der Waals surface area contributed by atoms with Crippen LogP contribution in [-0.4, -0.2) is 32.8 Å². The molecule has 35 heavy (non-hydrogen) atoms. The number of nitrogens with one attached hydrogen (secondary N) is 1. The summed E-state index contributed by atoms with van der Waals surface area (Å²) in [4.78, 5) is 20.4. The highest BCUT2D eigenvalue weighted by molar-refractivity contribution is 7.97. The van der Waals surface area contributed by atoms with Crippen LogP contribution in [0.3, 0.4) is 0 Å². The molecule has 4 rings (SSSR count). The Bertz CT molecular complexity index is 1190. The Hall–Kier alpha value is -3.05. The van der Waals surface area contributed by atoms with E-state index in [1.165, 1.54) is 42.3 Å². The number of aromatic nitrogens is 2. The minimum atomic E-state index is -4.66. The van der Waals surface area contributed by atoms with Crippen LogP contribution in [0.25, 0.3) is 11.1 Å². The van der Waals surface area contributed by atoms with Gasteiger partial charge in [-0.25, -0.2) is 23.1 Å². The topological polar surface area (TPSA) is 58.1 Å². The summed E-state index contributed by atoms with van der Waals surface area (Å²) in [6, 6.07) is 9.59. The van der Waals surface area contributed by atoms with E-state index in [4.69, 9.17) is 0 Å². The smallest absolute Gasteiger partial charge is 0.351 e. The van der Waals surface area contributed by atoms with Crippen LogP contribution in [0.4, 0.5) is 22.0 Å². The van der Waals surface area contributed by atoms with Gasteiger partial charge in [0, 0.05) is 41.5 Å². The number of nitrogens with zero attached hydrogens (tertiary/aromatic N) is 3. The molecular formula is C24H21F5N4OS. The van der Waals surface area contributed by atoms with Gasteiger partial charge >= 0.3 is 6.18 Å². The van der Waals surface area contributed by atoms with E-state index in [0.29, 0.717) is 18.5 Å². The molecule has 0 aliphatic carbocycles. The molecule has 5 nitrogen and oxygen atoms in total. The van der Waals surface area contributed by atoms with E-state index in [2.05, 4.69) is 15.3 Å². The van der Waals surface area contributed by atoms with Crippen molar-refractivity contribution in [2.45, 2.75) is 37.0 Å². The minimum Gasteiger partial charge on any atom is -0.351 e. The number of hydrogen-bond donors (Lipinski definition) is 1. The fraction of sp³-hybridized carbons (Fsp3) is 0.292. The lowest BCUT2D eigenvalue weighted by Gasteiger charge is -2.22. The second-order valence-corrected chi connectivity index (χ2v) is 9.44. The van der Waals surface area contributed by atoms with Gasteiger partial charge in [-0.15, -0.1) is 0 Å². The fourth-order valence-electron chi connectivity index (χ4n) is 3.79. The maximum Gasteiger partial charge on any atom is 0.451 e. The van der Waals surface area contributed by atoms with E-state index in [1.54, 1.807) is 12.1 Å². The molecular weight excluding hydrogens is 487 g/mol. The number of amides is 1. The van der Waals surface area contributed by atoms with Crippen LogP contribution in [0.5, 0.6) is 0 Å². The SMILES string of the molecule is CC1CC(C(=O)NCc2cc(-c3cnc(C(F)(F)F)nc3)ccc2F)N(Sc2ccc(F)cc2)C1. The number of halogens is 5. The zero-order valence-corrected chi connectivity index (χ0v) is 19.3. The van der Waals surface area contributed by atoms with Crippen LogP contribution in [0, 0.1) is 17.6 Å². The van der Waals surface area contributed by atoms with Gasteiger partial charge in [-0.3, -0.25) is 4.79 Å². The average molecular weight is 509 g/mol. The Morgan fingerprint density at radius 1 is 1.09 bits per heavy atom. The van der Waals surface area contributed by atoms with Crippen molar-refractivity contribution >= 4 is 17.9 Å². The molecule has 1 N–H and O–H groups in total. The van der Waals surface area contributed by atoms with Gasteiger partial charge in [0.25, 0.3) is 0 Å². The molecule has 0 bridgehead atoms. The monoisotopic (exact) mass is 508 g/mol. The molecule has 2 heterocycles. The standard InChI is InChI=1S/C24H21F5N4OS/c1-14-8-21(33(13-14)35-19-5-3-18(25)4-6-19)22(34)30-10-16-9-15(2-7-20(16)26)17-11-31-23(32-12-17)24(27,28)29/h2-7,9,11-12,14,21H,8,10,13H2,1H3,(H,30,34). The van der Waals surface area contributed by atoms with E-state index in [9.17, 15) is 26.7 Å². The number of carbonyl (C=O) groups is 1. The molecule has 1 amide bonds. The van der Waals surface area contributed by atoms with Crippen LogP contribution in [-0.2, 0) is 17.5 Å². The number of hydrogen-bond acceptors (Lipinski definition) is 5. The molecule has 11 heteroatoms. The highest BCUT2D eigenvalue weighted by Crippen LogP contribution is 2.34. The summed E-state index contributed by atoms with van der Waals surface area (Å²) in [5, 5.41) is 2.76. The Morgan fingerprint density at radius 2 is 1.77 bits per heavy atom. The van der Waals surface area contributed by atoms with Crippen molar-refractivity contribution in [1.82, 2.24) is 19.6 Å². The van der Waals surface area contributed by atoms with Crippen LogP contribution in [0.2, 0.25) is 0 Å². The predicted octanol–water partition coefficient (Wildman–Crippen LogP) is 5.47. The van der Waals surface area contributed by atoms with Gasteiger partial charge < -0.3 is 5.32 Å². The van der Waals surface area contributed by atoms with Crippen molar-refractivity contribution in [3.63, 3.8) is 0 Å². The highest BCUT2D eigenvalue weighted by Gasteiger charge is 2.36. The lowest BCUT2D eigenvalue weighted by Crippen LogP contribution is -2.40. The Labute approximate surface area is 202 Å². The normalized spacial score (nSPS) is 18.6. The first-order chi connectivity index (χ1) is 16.6. The van der Waals surface area contributed by atoms with Gasteiger partial charge in [0.2, 0.25) is 11.7 Å². The zero-order chi connectivity index (χ0) is 25.2. The van der Waals surface area contributed by atoms with Crippen molar-refractivity contribution in [2.24, 2.45) is 5.92 Å². The van der Waals surface area contributed by atoms with Gasteiger partial charge in [-0.2, -0.15) is 13.2 Å². The molecule has 3 aromatic rings. The van der Waals surface area contributed by atoms with Crippen molar-refractivity contribution in [3.8, 4) is 11.1 Å². The number of rotatable bonds is 6. The number of alkyl halides is 3. The van der Waals surface area contributed by atoms with Gasteiger partial charge in [0.1, 0.15) is 11.6 Å². The minimum absolute atomic E-state index is 0.0973. The molecule has 1 fully saturated rings. The molecule has 2 aromatic carbocycles. The van der Waals surface area contributed by atoms with E-state index < -0.39 is 23.9 Å². The number of carbonyl (C=O) groups excluding carboxylic acids is 1. The summed E-state index contributed by atoms with van der Waals surface area (Å²) < 4.78 is 67.6. The first kappa shape index (κ1) is 25.1. The van der Waals surface area contributed by atoms with Gasteiger partial charge in [0.15, 0.2) is 0 Å². The van der Waals surface area contributed by atoms with Gasteiger partial charge in [-0.1, -0.05) is 13.0 Å². The summed E-state index contributed by atoms with van der Waals surface area (Å²) in [6.07, 6.45) is -1.99. The summed E-state index contributed by atoms with van der Waals surface area (Å²) >= 11 is 1.37. The van der Waals surface area contributed by atoms with Crippen molar-refractivity contribution in [2.75, 3.05) is 6.54 Å². The maximum absolute atomic E-state index is 14.4. The largest absolute Gasteiger partial charge is 0.451 e. The van der Waals surface area contributed by atoms with Crippen LogP contribution in [0.1, 0.15) is 24.7 Å². The molecule has 184 valence electrons. The van der Waals surface area contributed by atoms with Crippen molar-refractivity contribution in [3.05, 3.63) is 77.9 Å². The van der Waals surface area contributed by atoms with E-state index in [0.717, 1.165) is 17.3 Å². The molecule has 1 aromatic heterocycles. The lowest BCUT2D eigenvalue weighted by atomic mass is 10.0. The second-order valence-electron chi connectivity index (χ2n) is 8.32. The quantitative estimate of drug-likeness (QED) is 0.353. The van der Waals surface area contributed by atoms with Gasteiger partial charge in [0.05, 0.1) is 6.04 Å². The molecule has 1 aliphatic rings. The third kappa shape index (κ3) is 6.15. The second kappa shape index (κ2) is 10.3. The maximum atomic E-state index is 14.4. The Kier molecular flexibility index (Phi) is 7.36. The summed E-state index contributed by atoms with van der Waals surface area (Å²) in [5.41, 5.74) is 0.893. The van der Waals surface area contributed by atoms with Gasteiger partial charge in [-0.05, 0) is 66.2 Å². The third-order valence-corrected chi connectivity index (χ3v) is 6.66. The zero-order valence-electron chi connectivity index (χ0n) is 18.5. The summed E-state index contributed by atoms with van der Waals surface area (Å²) in [5.74, 6) is -2.17. The predicted molar refractivity (Wildman–Crippen MR) is 121 cm³/mol. The molecule has 2 unspecified atom stereocenters. The molecule has 2 atom stereocenters. The van der Waals surface area contributed by atoms with E-state index in [-0.39, 0.29) is 35.3 Å². The first-order valence-electron chi connectivity index (χ1n) is 10.8. The van der Waals surface area contributed by atoms with Crippen molar-refractivity contribution in [1.29, 1.82) is 0 Å². The molecule has 0 radical (unpaired) electrons. The Morgan fingerprint density at radius 3 is 2.43 bits per heavy atom.